The fourth-order valence-corrected chi connectivity index (χ4v) is 2.73. The second-order valence-corrected chi connectivity index (χ2v) is 4.71. The summed E-state index contributed by atoms with van der Waals surface area (Å²) in [5.74, 6) is -0.551. The van der Waals surface area contributed by atoms with E-state index < -0.39 is 5.82 Å². The molecule has 0 bridgehead atoms. The number of ketones is 1. The van der Waals surface area contributed by atoms with E-state index in [1.807, 2.05) is 5.38 Å². The first-order chi connectivity index (χ1) is 7.18. The first-order valence-electron chi connectivity index (χ1n) is 4.22. The number of rotatable bonds is 2. The molecule has 0 saturated carbocycles. The smallest absolute Gasteiger partial charge is 0.204 e. The van der Waals surface area contributed by atoms with Crippen LogP contribution in [-0.4, -0.2) is 5.78 Å². The monoisotopic (exact) mass is 284 g/mol. The number of halogens is 2. The summed E-state index contributed by atoms with van der Waals surface area (Å²) in [6.45, 7) is 0. The molecule has 0 amide bonds. The number of thiophene rings is 1. The highest BCUT2D eigenvalue weighted by Gasteiger charge is 2.13. The molecule has 0 atom stereocenters. The molecule has 0 aliphatic rings. The third-order valence-corrected chi connectivity index (χ3v) is 3.75. The average molecular weight is 285 g/mol. The lowest BCUT2D eigenvalue weighted by atomic mass is 10.1. The molecular formula is C11H6BrFOS. The summed E-state index contributed by atoms with van der Waals surface area (Å²) in [7, 11) is 0. The van der Waals surface area contributed by atoms with Crippen LogP contribution in [0.25, 0.3) is 0 Å². The van der Waals surface area contributed by atoms with Gasteiger partial charge in [0.15, 0.2) is 0 Å². The lowest BCUT2D eigenvalue weighted by Gasteiger charge is -1.98. The molecule has 0 spiro atoms. The van der Waals surface area contributed by atoms with Gasteiger partial charge in [-0.05, 0) is 39.5 Å². The van der Waals surface area contributed by atoms with Gasteiger partial charge < -0.3 is 0 Å². The fraction of sp³-hybridized carbons (Fsp3) is 0. The van der Waals surface area contributed by atoms with Gasteiger partial charge in [-0.25, -0.2) is 4.39 Å². The molecule has 1 heterocycles. The maximum Gasteiger partial charge on any atom is 0.204 e. The highest BCUT2D eigenvalue weighted by molar-refractivity contribution is 9.10. The Morgan fingerprint density at radius 3 is 2.73 bits per heavy atom. The summed E-state index contributed by atoms with van der Waals surface area (Å²) in [5, 5.41) is 1.82. The first kappa shape index (κ1) is 10.5. The SMILES string of the molecule is O=C(c1cccc(F)c1)c1sccc1Br. The van der Waals surface area contributed by atoms with Gasteiger partial charge in [-0.1, -0.05) is 12.1 Å². The molecule has 0 aliphatic carbocycles. The number of benzene rings is 1. The van der Waals surface area contributed by atoms with Crippen LogP contribution in [0.3, 0.4) is 0 Å². The Labute approximate surface area is 98.7 Å². The number of hydrogen-bond acceptors (Lipinski definition) is 2. The molecule has 0 N–H and O–H groups in total. The maximum absolute atomic E-state index is 12.9. The van der Waals surface area contributed by atoms with Gasteiger partial charge in [-0.3, -0.25) is 4.79 Å². The van der Waals surface area contributed by atoms with Crippen LogP contribution in [0.2, 0.25) is 0 Å². The lowest BCUT2D eigenvalue weighted by Crippen LogP contribution is -1.99. The van der Waals surface area contributed by atoms with Crippen molar-refractivity contribution in [3.8, 4) is 0 Å². The van der Waals surface area contributed by atoms with E-state index in [4.69, 9.17) is 0 Å². The van der Waals surface area contributed by atoms with Crippen molar-refractivity contribution in [3.05, 3.63) is 56.4 Å². The summed E-state index contributed by atoms with van der Waals surface area (Å²) in [4.78, 5) is 12.5. The van der Waals surface area contributed by atoms with Crippen molar-refractivity contribution < 1.29 is 9.18 Å². The molecule has 2 aromatic rings. The van der Waals surface area contributed by atoms with E-state index in [-0.39, 0.29) is 5.78 Å². The molecule has 0 unspecified atom stereocenters. The van der Waals surface area contributed by atoms with Gasteiger partial charge in [0.25, 0.3) is 0 Å². The van der Waals surface area contributed by atoms with Crippen molar-refractivity contribution >= 4 is 33.0 Å². The third kappa shape index (κ3) is 2.16. The van der Waals surface area contributed by atoms with Crippen molar-refractivity contribution in [2.75, 3.05) is 0 Å². The third-order valence-electron chi connectivity index (χ3n) is 1.91. The first-order valence-corrected chi connectivity index (χ1v) is 5.89. The van der Waals surface area contributed by atoms with Crippen LogP contribution >= 0.6 is 27.3 Å². The molecule has 4 heteroatoms. The zero-order valence-electron chi connectivity index (χ0n) is 7.54. The highest BCUT2D eigenvalue weighted by Crippen LogP contribution is 2.25. The second-order valence-electron chi connectivity index (χ2n) is 2.94. The van der Waals surface area contributed by atoms with E-state index in [0.29, 0.717) is 10.4 Å². The van der Waals surface area contributed by atoms with E-state index in [1.54, 1.807) is 12.1 Å². The number of carbonyl (C=O) groups excluding carboxylic acids is 1. The summed E-state index contributed by atoms with van der Waals surface area (Å²) >= 11 is 4.62. The Kier molecular flexibility index (Phi) is 2.98. The predicted octanol–water partition coefficient (Wildman–Crippen LogP) is 3.88. The summed E-state index contributed by atoms with van der Waals surface area (Å²) in [6.07, 6.45) is 0. The van der Waals surface area contributed by atoms with Crippen LogP contribution < -0.4 is 0 Å². The molecule has 0 aliphatic heterocycles. The van der Waals surface area contributed by atoms with Gasteiger partial charge in [-0.2, -0.15) is 0 Å². The van der Waals surface area contributed by atoms with Crippen LogP contribution in [0.5, 0.6) is 0 Å². The second kappa shape index (κ2) is 4.24. The van der Waals surface area contributed by atoms with Crippen molar-refractivity contribution in [2.24, 2.45) is 0 Å². The molecule has 2 rings (SSSR count). The van der Waals surface area contributed by atoms with Crippen LogP contribution in [0.15, 0.2) is 40.2 Å². The normalized spacial score (nSPS) is 10.3. The molecule has 1 nitrogen and oxygen atoms in total. The average Bonchev–Trinajstić information content (AvgIpc) is 2.63. The van der Waals surface area contributed by atoms with Crippen LogP contribution in [0.1, 0.15) is 15.2 Å². The standard InChI is InChI=1S/C11H6BrFOS/c12-9-4-5-15-11(9)10(14)7-2-1-3-8(13)6-7/h1-6H. The Balaban J connectivity index is 2.41. The minimum atomic E-state index is -0.395. The molecular weight excluding hydrogens is 279 g/mol. The number of carbonyl (C=O) groups is 1. The van der Waals surface area contributed by atoms with Crippen molar-refractivity contribution in [1.82, 2.24) is 0 Å². The molecule has 1 aromatic carbocycles. The Hall–Kier alpha value is -1.00. The van der Waals surface area contributed by atoms with Gasteiger partial charge in [0.2, 0.25) is 5.78 Å². The van der Waals surface area contributed by atoms with E-state index in [9.17, 15) is 9.18 Å². The highest BCUT2D eigenvalue weighted by atomic mass is 79.9. The van der Waals surface area contributed by atoms with E-state index in [1.165, 1.54) is 29.5 Å². The molecule has 15 heavy (non-hydrogen) atoms. The zero-order chi connectivity index (χ0) is 10.8. The van der Waals surface area contributed by atoms with E-state index >= 15 is 0 Å². The quantitative estimate of drug-likeness (QED) is 0.765. The van der Waals surface area contributed by atoms with Gasteiger partial charge in [-0.15, -0.1) is 11.3 Å². The predicted molar refractivity (Wildman–Crippen MR) is 61.9 cm³/mol. The largest absolute Gasteiger partial charge is 0.288 e. The Morgan fingerprint density at radius 1 is 1.33 bits per heavy atom. The fourth-order valence-electron chi connectivity index (χ4n) is 1.22. The van der Waals surface area contributed by atoms with Crippen LogP contribution in [-0.2, 0) is 0 Å². The topological polar surface area (TPSA) is 17.1 Å². The molecule has 0 radical (unpaired) electrons. The van der Waals surface area contributed by atoms with Gasteiger partial charge >= 0.3 is 0 Å². The molecule has 1 aromatic heterocycles. The maximum atomic E-state index is 12.9. The minimum absolute atomic E-state index is 0.156. The Morgan fingerprint density at radius 2 is 2.13 bits per heavy atom. The minimum Gasteiger partial charge on any atom is -0.288 e. The van der Waals surface area contributed by atoms with Crippen molar-refractivity contribution in [3.63, 3.8) is 0 Å². The molecule has 0 fully saturated rings. The van der Waals surface area contributed by atoms with Gasteiger partial charge in [0, 0.05) is 10.0 Å². The van der Waals surface area contributed by atoms with E-state index in [2.05, 4.69) is 15.9 Å². The molecule has 0 saturated heterocycles. The van der Waals surface area contributed by atoms with Crippen molar-refractivity contribution in [2.45, 2.75) is 0 Å². The van der Waals surface area contributed by atoms with Crippen LogP contribution in [0, 0.1) is 5.82 Å². The summed E-state index contributed by atoms with van der Waals surface area (Å²) < 4.78 is 13.7. The van der Waals surface area contributed by atoms with Gasteiger partial charge in [0.05, 0.1) is 4.88 Å². The molecule has 76 valence electrons. The zero-order valence-corrected chi connectivity index (χ0v) is 9.94. The van der Waals surface area contributed by atoms with E-state index in [0.717, 1.165) is 4.47 Å². The summed E-state index contributed by atoms with van der Waals surface area (Å²) in [5.41, 5.74) is 0.373. The van der Waals surface area contributed by atoms with Crippen LogP contribution in [0.4, 0.5) is 4.39 Å². The number of hydrogen-bond donors (Lipinski definition) is 0. The lowest BCUT2D eigenvalue weighted by molar-refractivity contribution is 0.104. The summed E-state index contributed by atoms with van der Waals surface area (Å²) in [6, 6.07) is 7.51. The Bertz CT molecular complexity index is 507. The van der Waals surface area contributed by atoms with Gasteiger partial charge in [0.1, 0.15) is 5.82 Å². The van der Waals surface area contributed by atoms with Crippen molar-refractivity contribution in [1.29, 1.82) is 0 Å².